The van der Waals surface area contributed by atoms with E-state index < -0.39 is 0 Å². The van der Waals surface area contributed by atoms with Crippen molar-refractivity contribution in [2.45, 2.75) is 45.7 Å². The van der Waals surface area contributed by atoms with Crippen molar-refractivity contribution in [2.24, 2.45) is 5.73 Å². The van der Waals surface area contributed by atoms with Gasteiger partial charge in [0.1, 0.15) is 11.3 Å². The van der Waals surface area contributed by atoms with E-state index in [1.165, 1.54) is 0 Å². The van der Waals surface area contributed by atoms with Gasteiger partial charge in [0.15, 0.2) is 5.65 Å². The SMILES string of the molecule is CCCc1nc2cc(Br)cnc2n1CC(N)CC. The summed E-state index contributed by atoms with van der Waals surface area (Å²) in [5.41, 5.74) is 7.94. The summed E-state index contributed by atoms with van der Waals surface area (Å²) in [5.74, 6) is 1.09. The van der Waals surface area contributed by atoms with E-state index in [-0.39, 0.29) is 6.04 Å². The maximum atomic E-state index is 6.06. The van der Waals surface area contributed by atoms with Crippen molar-refractivity contribution in [3.05, 3.63) is 22.6 Å². The molecule has 0 aliphatic heterocycles. The second-order valence-electron chi connectivity index (χ2n) is 4.55. The number of halogens is 1. The maximum absolute atomic E-state index is 6.06. The molecule has 2 aromatic rings. The van der Waals surface area contributed by atoms with E-state index in [9.17, 15) is 0 Å². The van der Waals surface area contributed by atoms with Crippen LogP contribution in [0.25, 0.3) is 11.2 Å². The molecule has 4 nitrogen and oxygen atoms in total. The Morgan fingerprint density at radius 1 is 1.44 bits per heavy atom. The molecule has 0 aromatic carbocycles. The monoisotopic (exact) mass is 310 g/mol. The number of aryl methyl sites for hydroxylation is 1. The molecular weight excluding hydrogens is 292 g/mol. The van der Waals surface area contributed by atoms with Gasteiger partial charge < -0.3 is 10.3 Å². The fourth-order valence-electron chi connectivity index (χ4n) is 2.00. The van der Waals surface area contributed by atoms with Crippen LogP contribution < -0.4 is 5.73 Å². The van der Waals surface area contributed by atoms with Crippen molar-refractivity contribution in [1.82, 2.24) is 14.5 Å². The number of nitrogens with zero attached hydrogens (tertiary/aromatic N) is 3. The summed E-state index contributed by atoms with van der Waals surface area (Å²) in [6, 6.07) is 2.17. The average Bonchev–Trinajstić information content (AvgIpc) is 2.67. The second kappa shape index (κ2) is 5.80. The van der Waals surface area contributed by atoms with Gasteiger partial charge in [-0.25, -0.2) is 9.97 Å². The fourth-order valence-corrected chi connectivity index (χ4v) is 2.32. The van der Waals surface area contributed by atoms with Gasteiger partial charge in [0, 0.05) is 29.7 Å². The molecule has 0 saturated carbocycles. The van der Waals surface area contributed by atoms with Gasteiger partial charge in [-0.1, -0.05) is 13.8 Å². The number of rotatable bonds is 5. The summed E-state index contributed by atoms with van der Waals surface area (Å²) < 4.78 is 3.13. The van der Waals surface area contributed by atoms with Crippen molar-refractivity contribution in [1.29, 1.82) is 0 Å². The lowest BCUT2D eigenvalue weighted by Crippen LogP contribution is -2.26. The molecule has 0 amide bonds. The van der Waals surface area contributed by atoms with Crippen LogP contribution in [0.3, 0.4) is 0 Å². The molecule has 1 atom stereocenters. The first-order chi connectivity index (χ1) is 8.65. The van der Waals surface area contributed by atoms with Crippen LogP contribution in [0.1, 0.15) is 32.5 Å². The molecular formula is C13H19BrN4. The Hall–Kier alpha value is -0.940. The van der Waals surface area contributed by atoms with E-state index in [1.54, 1.807) is 0 Å². The summed E-state index contributed by atoms with van der Waals surface area (Å²) in [5, 5.41) is 0. The first-order valence-corrected chi connectivity index (χ1v) is 7.21. The molecule has 2 aromatic heterocycles. The quantitative estimate of drug-likeness (QED) is 0.924. The van der Waals surface area contributed by atoms with Crippen LogP contribution in [0, 0.1) is 0 Å². The predicted octanol–water partition coefficient (Wildman–Crippen LogP) is 2.88. The van der Waals surface area contributed by atoms with Gasteiger partial charge in [-0.3, -0.25) is 0 Å². The van der Waals surface area contributed by atoms with Gasteiger partial charge in [-0.05, 0) is 34.8 Å². The average molecular weight is 311 g/mol. The minimum absolute atomic E-state index is 0.156. The highest BCUT2D eigenvalue weighted by molar-refractivity contribution is 9.10. The Morgan fingerprint density at radius 3 is 2.89 bits per heavy atom. The zero-order valence-electron chi connectivity index (χ0n) is 10.9. The minimum atomic E-state index is 0.156. The highest BCUT2D eigenvalue weighted by atomic mass is 79.9. The molecule has 0 fully saturated rings. The van der Waals surface area contributed by atoms with Crippen LogP contribution in [0.15, 0.2) is 16.7 Å². The Bertz CT molecular complexity index is 535. The molecule has 0 aliphatic carbocycles. The highest BCUT2D eigenvalue weighted by Crippen LogP contribution is 2.19. The smallest absolute Gasteiger partial charge is 0.160 e. The first-order valence-electron chi connectivity index (χ1n) is 6.42. The summed E-state index contributed by atoms with van der Waals surface area (Å²) in [7, 11) is 0. The van der Waals surface area contributed by atoms with Gasteiger partial charge in [0.2, 0.25) is 0 Å². The van der Waals surface area contributed by atoms with Gasteiger partial charge in [0.05, 0.1) is 0 Å². The van der Waals surface area contributed by atoms with Crippen molar-refractivity contribution in [3.63, 3.8) is 0 Å². The lowest BCUT2D eigenvalue weighted by molar-refractivity contribution is 0.528. The topological polar surface area (TPSA) is 56.7 Å². The van der Waals surface area contributed by atoms with E-state index in [4.69, 9.17) is 5.73 Å². The largest absolute Gasteiger partial charge is 0.326 e. The van der Waals surface area contributed by atoms with E-state index in [1.807, 2.05) is 12.3 Å². The zero-order valence-corrected chi connectivity index (χ0v) is 12.4. The molecule has 0 spiro atoms. The molecule has 5 heteroatoms. The number of pyridine rings is 1. The Morgan fingerprint density at radius 2 is 2.22 bits per heavy atom. The standard InChI is InChI=1S/C13H19BrN4/c1-3-5-12-17-11-6-9(14)7-16-13(11)18(12)8-10(15)4-2/h6-7,10H,3-5,8,15H2,1-2H3. The lowest BCUT2D eigenvalue weighted by Gasteiger charge is -2.12. The van der Waals surface area contributed by atoms with Crippen molar-refractivity contribution >= 4 is 27.1 Å². The molecule has 2 rings (SSSR count). The normalized spacial score (nSPS) is 13.1. The molecule has 1 unspecified atom stereocenters. The van der Waals surface area contributed by atoms with Gasteiger partial charge in [0.25, 0.3) is 0 Å². The molecule has 98 valence electrons. The van der Waals surface area contributed by atoms with Gasteiger partial charge in [-0.15, -0.1) is 0 Å². The molecule has 0 saturated heterocycles. The van der Waals surface area contributed by atoms with E-state index in [2.05, 4.69) is 44.3 Å². The molecule has 0 radical (unpaired) electrons. The van der Waals surface area contributed by atoms with Crippen molar-refractivity contribution < 1.29 is 0 Å². The Labute approximate surface area is 116 Å². The highest BCUT2D eigenvalue weighted by Gasteiger charge is 2.13. The van der Waals surface area contributed by atoms with Crippen LogP contribution in [-0.4, -0.2) is 20.6 Å². The minimum Gasteiger partial charge on any atom is -0.326 e. The summed E-state index contributed by atoms with van der Waals surface area (Å²) in [4.78, 5) is 9.13. The van der Waals surface area contributed by atoms with E-state index in [0.717, 1.165) is 47.3 Å². The molecule has 0 aliphatic rings. The van der Waals surface area contributed by atoms with Gasteiger partial charge in [-0.2, -0.15) is 0 Å². The van der Waals surface area contributed by atoms with Crippen LogP contribution >= 0.6 is 15.9 Å². The third-order valence-corrected chi connectivity index (χ3v) is 3.48. The van der Waals surface area contributed by atoms with Gasteiger partial charge >= 0.3 is 0 Å². The third-order valence-electron chi connectivity index (χ3n) is 3.05. The van der Waals surface area contributed by atoms with Crippen LogP contribution in [0.2, 0.25) is 0 Å². The van der Waals surface area contributed by atoms with Crippen LogP contribution in [0.5, 0.6) is 0 Å². The molecule has 18 heavy (non-hydrogen) atoms. The number of nitrogens with two attached hydrogens (primary N) is 1. The Kier molecular flexibility index (Phi) is 4.35. The molecule has 2 heterocycles. The third kappa shape index (κ3) is 2.72. The van der Waals surface area contributed by atoms with E-state index >= 15 is 0 Å². The van der Waals surface area contributed by atoms with Crippen molar-refractivity contribution in [3.8, 4) is 0 Å². The summed E-state index contributed by atoms with van der Waals surface area (Å²) in [6.07, 6.45) is 4.81. The van der Waals surface area contributed by atoms with Crippen LogP contribution in [0.4, 0.5) is 0 Å². The number of fused-ring (bicyclic) bond motifs is 1. The molecule has 2 N–H and O–H groups in total. The predicted molar refractivity (Wildman–Crippen MR) is 77.5 cm³/mol. The van der Waals surface area contributed by atoms with Crippen molar-refractivity contribution in [2.75, 3.05) is 0 Å². The van der Waals surface area contributed by atoms with Crippen LogP contribution in [-0.2, 0) is 13.0 Å². The lowest BCUT2D eigenvalue weighted by atomic mass is 10.2. The Balaban J connectivity index is 2.48. The number of hydrogen-bond acceptors (Lipinski definition) is 3. The number of imidazole rings is 1. The summed E-state index contributed by atoms with van der Waals surface area (Å²) in [6.45, 7) is 5.05. The molecule has 0 bridgehead atoms. The first kappa shape index (κ1) is 13.5. The maximum Gasteiger partial charge on any atom is 0.160 e. The van der Waals surface area contributed by atoms with E-state index in [0.29, 0.717) is 0 Å². The fraction of sp³-hybridized carbons (Fsp3) is 0.538. The number of aromatic nitrogens is 3. The second-order valence-corrected chi connectivity index (χ2v) is 5.47. The zero-order chi connectivity index (χ0) is 13.1. The summed E-state index contributed by atoms with van der Waals surface area (Å²) >= 11 is 3.43. The number of hydrogen-bond donors (Lipinski definition) is 1.